The lowest BCUT2D eigenvalue weighted by atomic mass is 10.2. The molecule has 0 bridgehead atoms. The highest BCUT2D eigenvalue weighted by molar-refractivity contribution is 5.31. The van der Waals surface area contributed by atoms with Crippen molar-refractivity contribution < 1.29 is 0 Å². The molecule has 1 aromatic rings. The summed E-state index contributed by atoms with van der Waals surface area (Å²) in [5.74, 6) is 0.929. The number of nitrogens with one attached hydrogen (secondary N) is 1. The lowest BCUT2D eigenvalue weighted by Crippen LogP contribution is -2.26. The zero-order valence-corrected chi connectivity index (χ0v) is 11.9. The number of hydrogen-bond acceptors (Lipinski definition) is 3. The van der Waals surface area contributed by atoms with E-state index in [0.717, 1.165) is 19.5 Å². The van der Waals surface area contributed by atoms with Gasteiger partial charge in [0.1, 0.15) is 0 Å². The molecule has 0 amide bonds. The molecule has 1 aliphatic carbocycles. The molecule has 4 heteroatoms. The Balaban J connectivity index is 1.94. The van der Waals surface area contributed by atoms with Gasteiger partial charge < -0.3 is 9.88 Å². The lowest BCUT2D eigenvalue weighted by Gasteiger charge is -2.11. The summed E-state index contributed by atoms with van der Waals surface area (Å²) in [6.07, 6.45) is 10.5. The van der Waals surface area contributed by atoms with Crippen molar-refractivity contribution in [2.24, 2.45) is 5.92 Å². The van der Waals surface area contributed by atoms with Crippen molar-refractivity contribution in [3.05, 3.63) is 34.4 Å². The van der Waals surface area contributed by atoms with Gasteiger partial charge in [0.15, 0.2) is 5.82 Å². The third-order valence-electron chi connectivity index (χ3n) is 3.35. The molecular formula is C15H23N3O. The molecule has 0 saturated carbocycles. The molecule has 0 unspecified atom stereocenters. The molecule has 1 aliphatic rings. The lowest BCUT2D eigenvalue weighted by molar-refractivity contribution is 0.509. The molecule has 0 aromatic carbocycles. The van der Waals surface area contributed by atoms with Crippen molar-refractivity contribution in [3.8, 4) is 0 Å². The average molecular weight is 261 g/mol. The van der Waals surface area contributed by atoms with Gasteiger partial charge in [0.25, 0.3) is 5.56 Å². The van der Waals surface area contributed by atoms with E-state index in [-0.39, 0.29) is 5.56 Å². The van der Waals surface area contributed by atoms with E-state index in [0.29, 0.717) is 11.7 Å². The fourth-order valence-corrected chi connectivity index (χ4v) is 2.41. The molecular weight excluding hydrogens is 238 g/mol. The van der Waals surface area contributed by atoms with Crippen LogP contribution in [0.4, 0.5) is 5.82 Å². The van der Waals surface area contributed by atoms with E-state index >= 15 is 0 Å². The summed E-state index contributed by atoms with van der Waals surface area (Å²) in [6, 6.07) is 0. The molecule has 1 aromatic heterocycles. The number of aromatic nitrogens is 2. The molecule has 0 atom stereocenters. The van der Waals surface area contributed by atoms with Crippen LogP contribution < -0.4 is 10.9 Å². The van der Waals surface area contributed by atoms with Gasteiger partial charge in [-0.25, -0.2) is 4.98 Å². The summed E-state index contributed by atoms with van der Waals surface area (Å²) in [5, 5.41) is 3.17. The summed E-state index contributed by atoms with van der Waals surface area (Å²) in [7, 11) is 0. The Bertz CT molecular complexity index is 502. The third-order valence-corrected chi connectivity index (χ3v) is 3.35. The Kier molecular flexibility index (Phi) is 4.77. The van der Waals surface area contributed by atoms with Gasteiger partial charge in [-0.15, -0.1) is 0 Å². The van der Waals surface area contributed by atoms with Crippen molar-refractivity contribution in [1.29, 1.82) is 0 Å². The highest BCUT2D eigenvalue weighted by Crippen LogP contribution is 2.20. The van der Waals surface area contributed by atoms with Crippen molar-refractivity contribution in [1.82, 2.24) is 9.55 Å². The average Bonchev–Trinajstić information content (AvgIpc) is 2.86. The van der Waals surface area contributed by atoms with Crippen LogP contribution in [0.3, 0.4) is 0 Å². The van der Waals surface area contributed by atoms with Crippen LogP contribution in [0.1, 0.15) is 39.5 Å². The van der Waals surface area contributed by atoms with E-state index in [9.17, 15) is 4.79 Å². The van der Waals surface area contributed by atoms with Gasteiger partial charge in [0.05, 0.1) is 0 Å². The Labute approximate surface area is 114 Å². The maximum atomic E-state index is 12.2. The molecule has 19 heavy (non-hydrogen) atoms. The number of rotatable bonds is 6. The van der Waals surface area contributed by atoms with Gasteiger partial charge in [-0.05, 0) is 31.6 Å². The summed E-state index contributed by atoms with van der Waals surface area (Å²) in [6.45, 7) is 5.74. The second kappa shape index (κ2) is 6.55. The molecule has 0 spiro atoms. The van der Waals surface area contributed by atoms with Crippen molar-refractivity contribution >= 4 is 5.82 Å². The second-order valence-corrected chi connectivity index (χ2v) is 5.56. The Morgan fingerprint density at radius 1 is 1.47 bits per heavy atom. The molecule has 0 fully saturated rings. The van der Waals surface area contributed by atoms with Crippen LogP contribution in [0.25, 0.3) is 0 Å². The minimum absolute atomic E-state index is 0.0170. The zero-order chi connectivity index (χ0) is 13.7. The standard InChI is InChI=1S/C15H23N3O/c1-12(2)11-18-10-9-17-14(15(18)19)16-8-7-13-5-3-4-6-13/h5,9-10,12H,3-4,6-8,11H2,1-2H3,(H,16,17). The summed E-state index contributed by atoms with van der Waals surface area (Å²) in [5.41, 5.74) is 1.49. The first-order valence-corrected chi connectivity index (χ1v) is 7.14. The number of hydrogen-bond donors (Lipinski definition) is 1. The first kappa shape index (κ1) is 13.8. The van der Waals surface area contributed by atoms with Crippen LogP contribution in [0.15, 0.2) is 28.8 Å². The summed E-state index contributed by atoms with van der Waals surface area (Å²) < 4.78 is 1.73. The van der Waals surface area contributed by atoms with Gasteiger partial charge in [-0.3, -0.25) is 4.79 Å². The molecule has 104 valence electrons. The van der Waals surface area contributed by atoms with E-state index < -0.39 is 0 Å². The van der Waals surface area contributed by atoms with Gasteiger partial charge in [-0.2, -0.15) is 0 Å². The smallest absolute Gasteiger partial charge is 0.293 e. The van der Waals surface area contributed by atoms with Crippen LogP contribution in [0.5, 0.6) is 0 Å². The maximum Gasteiger partial charge on any atom is 0.293 e. The van der Waals surface area contributed by atoms with E-state index in [4.69, 9.17) is 0 Å². The predicted molar refractivity (Wildman–Crippen MR) is 78.4 cm³/mol. The molecule has 1 heterocycles. The Hall–Kier alpha value is -1.58. The Morgan fingerprint density at radius 2 is 2.32 bits per heavy atom. The second-order valence-electron chi connectivity index (χ2n) is 5.56. The normalized spacial score (nSPS) is 14.8. The molecule has 0 aliphatic heterocycles. The zero-order valence-electron chi connectivity index (χ0n) is 11.9. The maximum absolute atomic E-state index is 12.2. The minimum atomic E-state index is -0.0170. The SMILES string of the molecule is CC(C)Cn1ccnc(NCCC2=CCCC2)c1=O. The largest absolute Gasteiger partial charge is 0.365 e. The minimum Gasteiger partial charge on any atom is -0.365 e. The molecule has 4 nitrogen and oxygen atoms in total. The van der Waals surface area contributed by atoms with E-state index in [1.54, 1.807) is 17.0 Å². The quantitative estimate of drug-likeness (QED) is 0.801. The monoisotopic (exact) mass is 261 g/mol. The molecule has 1 N–H and O–H groups in total. The fourth-order valence-electron chi connectivity index (χ4n) is 2.41. The molecule has 2 rings (SSSR count). The van der Waals surface area contributed by atoms with Crippen LogP contribution in [-0.4, -0.2) is 16.1 Å². The summed E-state index contributed by atoms with van der Waals surface area (Å²) in [4.78, 5) is 16.3. The van der Waals surface area contributed by atoms with E-state index in [2.05, 4.69) is 30.2 Å². The first-order chi connectivity index (χ1) is 9.16. The Morgan fingerprint density at radius 3 is 3.00 bits per heavy atom. The van der Waals surface area contributed by atoms with Crippen LogP contribution >= 0.6 is 0 Å². The van der Waals surface area contributed by atoms with Gasteiger partial charge in [-0.1, -0.05) is 25.5 Å². The van der Waals surface area contributed by atoms with Crippen LogP contribution in [0.2, 0.25) is 0 Å². The third kappa shape index (κ3) is 3.94. The van der Waals surface area contributed by atoms with Gasteiger partial charge in [0, 0.05) is 25.5 Å². The van der Waals surface area contributed by atoms with Crippen molar-refractivity contribution in [2.75, 3.05) is 11.9 Å². The topological polar surface area (TPSA) is 46.9 Å². The number of nitrogens with zero attached hydrogens (tertiary/aromatic N) is 2. The van der Waals surface area contributed by atoms with Gasteiger partial charge in [0.2, 0.25) is 0 Å². The predicted octanol–water partition coefficient (Wildman–Crippen LogP) is 2.81. The first-order valence-electron chi connectivity index (χ1n) is 7.14. The van der Waals surface area contributed by atoms with Crippen LogP contribution in [-0.2, 0) is 6.54 Å². The van der Waals surface area contributed by atoms with E-state index in [1.807, 2.05) is 0 Å². The molecule has 0 saturated heterocycles. The summed E-state index contributed by atoms with van der Waals surface area (Å²) >= 11 is 0. The van der Waals surface area contributed by atoms with E-state index in [1.165, 1.54) is 24.8 Å². The number of allylic oxidation sites excluding steroid dienone is 1. The highest BCUT2D eigenvalue weighted by Gasteiger charge is 2.07. The van der Waals surface area contributed by atoms with Crippen molar-refractivity contribution in [2.45, 2.75) is 46.1 Å². The fraction of sp³-hybridized carbons (Fsp3) is 0.600. The number of anilines is 1. The van der Waals surface area contributed by atoms with Crippen LogP contribution in [0, 0.1) is 5.92 Å². The van der Waals surface area contributed by atoms with Gasteiger partial charge >= 0.3 is 0 Å². The van der Waals surface area contributed by atoms with Crippen molar-refractivity contribution in [3.63, 3.8) is 0 Å². The molecule has 0 radical (unpaired) electrons. The highest BCUT2D eigenvalue weighted by atomic mass is 16.1.